The van der Waals surface area contributed by atoms with E-state index in [1.807, 2.05) is 33.9 Å². The molecule has 0 aromatic carbocycles. The summed E-state index contributed by atoms with van der Waals surface area (Å²) in [6.07, 6.45) is 6.77. The molecular formula is C17H28BFN2O2. The maximum absolute atomic E-state index is 14.9. The molecule has 1 aliphatic carbocycles. The Morgan fingerprint density at radius 3 is 2.35 bits per heavy atom. The van der Waals surface area contributed by atoms with E-state index >= 15 is 0 Å². The second-order valence-electron chi connectivity index (χ2n) is 8.39. The number of halogens is 1. The molecule has 1 saturated heterocycles. The molecule has 6 heteroatoms. The van der Waals surface area contributed by atoms with Crippen LogP contribution in [0.25, 0.3) is 0 Å². The van der Waals surface area contributed by atoms with Crippen LogP contribution in [0.4, 0.5) is 4.39 Å². The zero-order chi connectivity index (χ0) is 16.9. The Balaban J connectivity index is 1.67. The van der Waals surface area contributed by atoms with E-state index in [9.17, 15) is 4.39 Å². The predicted molar refractivity (Wildman–Crippen MR) is 89.4 cm³/mol. The zero-order valence-corrected chi connectivity index (χ0v) is 14.9. The first-order valence-electron chi connectivity index (χ1n) is 8.67. The molecule has 128 valence electrons. The summed E-state index contributed by atoms with van der Waals surface area (Å²) in [4.78, 5) is 0. The lowest BCUT2D eigenvalue weighted by Gasteiger charge is -2.32. The molecule has 1 aromatic rings. The van der Waals surface area contributed by atoms with Gasteiger partial charge in [0, 0.05) is 17.9 Å². The van der Waals surface area contributed by atoms with Gasteiger partial charge < -0.3 is 9.31 Å². The number of hydrogen-bond donors (Lipinski definition) is 0. The van der Waals surface area contributed by atoms with Gasteiger partial charge in [-0.2, -0.15) is 5.10 Å². The maximum atomic E-state index is 14.9. The molecule has 1 saturated carbocycles. The van der Waals surface area contributed by atoms with Crippen LogP contribution in [-0.4, -0.2) is 33.8 Å². The van der Waals surface area contributed by atoms with Gasteiger partial charge >= 0.3 is 7.12 Å². The van der Waals surface area contributed by atoms with Gasteiger partial charge in [0.25, 0.3) is 0 Å². The minimum Gasteiger partial charge on any atom is -0.399 e. The van der Waals surface area contributed by atoms with Gasteiger partial charge in [-0.25, -0.2) is 4.39 Å². The normalized spacial score (nSPS) is 33.1. The molecule has 1 aromatic heterocycles. The molecule has 0 radical (unpaired) electrons. The highest BCUT2D eigenvalue weighted by atomic mass is 19.1. The van der Waals surface area contributed by atoms with Gasteiger partial charge in [-0.1, -0.05) is 6.92 Å². The number of alkyl halides is 1. The van der Waals surface area contributed by atoms with Crippen LogP contribution in [0.15, 0.2) is 12.4 Å². The van der Waals surface area contributed by atoms with Crippen LogP contribution in [-0.2, 0) is 15.9 Å². The van der Waals surface area contributed by atoms with E-state index in [-0.39, 0.29) is 11.2 Å². The highest BCUT2D eigenvalue weighted by Crippen LogP contribution is 2.37. The Morgan fingerprint density at radius 2 is 1.78 bits per heavy atom. The van der Waals surface area contributed by atoms with Crippen LogP contribution in [0, 0.1) is 5.92 Å². The third kappa shape index (κ3) is 3.34. The predicted octanol–water partition coefficient (Wildman–Crippen LogP) is 3.10. The average Bonchev–Trinajstić information content (AvgIpc) is 2.97. The lowest BCUT2D eigenvalue weighted by atomic mass is 9.80. The fraction of sp³-hybridized carbons (Fsp3) is 0.824. The van der Waals surface area contributed by atoms with Gasteiger partial charge in [-0.05, 0) is 59.3 Å². The van der Waals surface area contributed by atoms with Crippen LogP contribution in [0.5, 0.6) is 0 Å². The van der Waals surface area contributed by atoms with E-state index in [1.165, 1.54) is 0 Å². The summed E-state index contributed by atoms with van der Waals surface area (Å²) in [7, 11) is -0.435. The molecule has 0 N–H and O–H groups in total. The van der Waals surface area contributed by atoms with E-state index < -0.39 is 12.8 Å². The Labute approximate surface area is 138 Å². The molecular weight excluding hydrogens is 294 g/mol. The maximum Gasteiger partial charge on any atom is 0.498 e. The quantitative estimate of drug-likeness (QED) is 0.803. The summed E-state index contributed by atoms with van der Waals surface area (Å²) in [5.74, 6) is 0.636. The molecule has 1 aliphatic heterocycles. The molecule has 0 unspecified atom stereocenters. The summed E-state index contributed by atoms with van der Waals surface area (Å²) in [6, 6.07) is 0. The van der Waals surface area contributed by atoms with E-state index in [0.29, 0.717) is 25.3 Å². The van der Waals surface area contributed by atoms with Crippen LogP contribution in [0.1, 0.15) is 60.3 Å². The Kier molecular flexibility index (Phi) is 4.12. The zero-order valence-electron chi connectivity index (χ0n) is 14.9. The topological polar surface area (TPSA) is 36.3 Å². The second kappa shape index (κ2) is 5.59. The molecule has 2 aliphatic rings. The third-order valence-electron chi connectivity index (χ3n) is 5.79. The van der Waals surface area contributed by atoms with Gasteiger partial charge in [0.15, 0.2) is 0 Å². The second-order valence-corrected chi connectivity index (χ2v) is 8.39. The van der Waals surface area contributed by atoms with Crippen molar-refractivity contribution in [2.75, 3.05) is 0 Å². The summed E-state index contributed by atoms with van der Waals surface area (Å²) in [5.41, 5.74) is -1.02. The Bertz CT molecular complexity index is 549. The lowest BCUT2D eigenvalue weighted by molar-refractivity contribution is 0.00578. The van der Waals surface area contributed by atoms with Crippen LogP contribution in [0.2, 0.25) is 0 Å². The molecule has 2 fully saturated rings. The van der Waals surface area contributed by atoms with Crippen molar-refractivity contribution in [2.45, 2.75) is 83.7 Å². The van der Waals surface area contributed by atoms with Gasteiger partial charge in [0.05, 0.1) is 17.7 Å². The van der Waals surface area contributed by atoms with Crippen molar-refractivity contribution >= 4 is 12.6 Å². The van der Waals surface area contributed by atoms with E-state index in [2.05, 4.69) is 12.0 Å². The number of rotatable bonds is 3. The smallest absolute Gasteiger partial charge is 0.399 e. The number of hydrogen-bond acceptors (Lipinski definition) is 3. The third-order valence-corrected chi connectivity index (χ3v) is 5.79. The summed E-state index contributed by atoms with van der Waals surface area (Å²) in [6.45, 7) is 10.6. The van der Waals surface area contributed by atoms with E-state index in [0.717, 1.165) is 18.3 Å². The van der Waals surface area contributed by atoms with Crippen molar-refractivity contribution in [3.8, 4) is 0 Å². The largest absolute Gasteiger partial charge is 0.498 e. The van der Waals surface area contributed by atoms with Gasteiger partial charge in [0.1, 0.15) is 5.67 Å². The molecule has 3 rings (SSSR count). The minimum absolute atomic E-state index is 0.319. The van der Waals surface area contributed by atoms with Crippen molar-refractivity contribution in [1.82, 2.24) is 9.78 Å². The van der Waals surface area contributed by atoms with E-state index in [4.69, 9.17) is 9.31 Å². The summed E-state index contributed by atoms with van der Waals surface area (Å²) < 4.78 is 28.7. The molecule has 0 atom stereocenters. The standard InChI is InChI=1S/C17H28BFN2O2/c1-13-6-8-17(19,9-7-13)12-21-11-14(10-20-21)18-22-15(2,3)16(4,5)23-18/h10-11,13H,6-9,12H2,1-5H3. The Morgan fingerprint density at radius 1 is 1.22 bits per heavy atom. The van der Waals surface area contributed by atoms with Crippen LogP contribution >= 0.6 is 0 Å². The van der Waals surface area contributed by atoms with Crippen molar-refractivity contribution in [3.05, 3.63) is 12.4 Å². The van der Waals surface area contributed by atoms with Crippen molar-refractivity contribution < 1.29 is 13.7 Å². The highest BCUT2D eigenvalue weighted by molar-refractivity contribution is 6.61. The minimum atomic E-state index is -1.13. The molecule has 23 heavy (non-hydrogen) atoms. The average molecular weight is 322 g/mol. The molecule has 0 amide bonds. The Hall–Kier alpha value is -0.875. The monoisotopic (exact) mass is 322 g/mol. The molecule has 0 spiro atoms. The van der Waals surface area contributed by atoms with Gasteiger partial charge in [-0.15, -0.1) is 0 Å². The highest BCUT2D eigenvalue weighted by Gasteiger charge is 2.52. The number of aromatic nitrogens is 2. The van der Waals surface area contributed by atoms with Crippen molar-refractivity contribution in [2.24, 2.45) is 5.92 Å². The van der Waals surface area contributed by atoms with E-state index in [1.54, 1.807) is 10.9 Å². The summed E-state index contributed by atoms with van der Waals surface area (Å²) in [5, 5.41) is 4.33. The first kappa shape index (κ1) is 17.0. The fourth-order valence-corrected chi connectivity index (χ4v) is 3.29. The molecule has 0 bridgehead atoms. The first-order valence-corrected chi connectivity index (χ1v) is 8.67. The first-order chi connectivity index (χ1) is 10.6. The fourth-order valence-electron chi connectivity index (χ4n) is 3.29. The van der Waals surface area contributed by atoms with Crippen LogP contribution < -0.4 is 5.46 Å². The SMILES string of the molecule is CC1CCC(F)(Cn2cc(B3OC(C)(C)C(C)(C)O3)cn2)CC1. The van der Waals surface area contributed by atoms with Crippen molar-refractivity contribution in [1.29, 1.82) is 0 Å². The number of nitrogens with zero attached hydrogens (tertiary/aromatic N) is 2. The van der Waals surface area contributed by atoms with Gasteiger partial charge in [0.2, 0.25) is 0 Å². The molecule has 4 nitrogen and oxygen atoms in total. The summed E-state index contributed by atoms with van der Waals surface area (Å²) >= 11 is 0. The van der Waals surface area contributed by atoms with Gasteiger partial charge in [-0.3, -0.25) is 4.68 Å². The van der Waals surface area contributed by atoms with Crippen LogP contribution in [0.3, 0.4) is 0 Å². The van der Waals surface area contributed by atoms with Crippen molar-refractivity contribution in [3.63, 3.8) is 0 Å². The lowest BCUT2D eigenvalue weighted by Crippen LogP contribution is -2.41. The molecule has 2 heterocycles.